The fourth-order valence-corrected chi connectivity index (χ4v) is 2.31. The summed E-state index contributed by atoms with van der Waals surface area (Å²) in [6, 6.07) is 3.06. The molecule has 0 unspecified atom stereocenters. The van der Waals surface area contributed by atoms with Crippen LogP contribution in [0.4, 0.5) is 11.4 Å². The number of non-ortho nitro benzene ring substituents is 1. The highest BCUT2D eigenvalue weighted by Gasteiger charge is 2.13. The average molecular weight is 223 g/mol. The van der Waals surface area contributed by atoms with Crippen molar-refractivity contribution in [3.8, 4) is 0 Å². The van der Waals surface area contributed by atoms with E-state index in [1.54, 1.807) is 13.1 Å². The molecule has 0 saturated heterocycles. The van der Waals surface area contributed by atoms with E-state index in [1.807, 2.05) is 6.92 Å². The second kappa shape index (κ2) is 3.47. The number of nitrogens with one attached hydrogen (secondary N) is 1. The van der Waals surface area contributed by atoms with Gasteiger partial charge in [0.25, 0.3) is 5.69 Å². The Morgan fingerprint density at radius 3 is 2.87 bits per heavy atom. The van der Waals surface area contributed by atoms with Crippen molar-refractivity contribution >= 4 is 32.9 Å². The lowest BCUT2D eigenvalue weighted by Crippen LogP contribution is -1.93. The van der Waals surface area contributed by atoms with Crippen LogP contribution >= 0.6 is 11.3 Å². The van der Waals surface area contributed by atoms with Crippen LogP contribution in [0.2, 0.25) is 0 Å². The topological polar surface area (TPSA) is 68.1 Å². The summed E-state index contributed by atoms with van der Waals surface area (Å²) in [6.07, 6.45) is 0. The number of benzene rings is 1. The summed E-state index contributed by atoms with van der Waals surface area (Å²) >= 11 is 1.46. The van der Waals surface area contributed by atoms with Gasteiger partial charge in [0.1, 0.15) is 5.52 Å². The minimum Gasteiger partial charge on any atom is -0.386 e. The molecule has 15 heavy (non-hydrogen) atoms. The number of fused-ring (bicyclic) bond motifs is 1. The van der Waals surface area contributed by atoms with Gasteiger partial charge in [-0.2, -0.15) is 0 Å². The highest BCUT2D eigenvalue weighted by Crippen LogP contribution is 2.32. The van der Waals surface area contributed by atoms with E-state index in [9.17, 15) is 10.1 Å². The predicted octanol–water partition coefficient (Wildman–Crippen LogP) is 2.55. The van der Waals surface area contributed by atoms with E-state index in [-0.39, 0.29) is 5.69 Å². The molecule has 0 spiro atoms. The molecule has 0 radical (unpaired) electrons. The quantitative estimate of drug-likeness (QED) is 0.627. The summed E-state index contributed by atoms with van der Waals surface area (Å²) in [6.45, 7) is 1.88. The Labute approximate surface area is 89.9 Å². The van der Waals surface area contributed by atoms with Crippen molar-refractivity contribution < 1.29 is 4.92 Å². The van der Waals surface area contributed by atoms with Gasteiger partial charge in [-0.25, -0.2) is 4.98 Å². The summed E-state index contributed by atoms with van der Waals surface area (Å²) < 4.78 is 0.839. The number of hydrogen-bond donors (Lipinski definition) is 1. The lowest BCUT2D eigenvalue weighted by molar-refractivity contribution is -0.384. The van der Waals surface area contributed by atoms with Gasteiger partial charge in [0.05, 0.1) is 20.3 Å². The van der Waals surface area contributed by atoms with Crippen molar-refractivity contribution in [1.82, 2.24) is 4.98 Å². The Hall–Kier alpha value is -1.69. The normalized spacial score (nSPS) is 10.5. The number of anilines is 1. The van der Waals surface area contributed by atoms with Gasteiger partial charge < -0.3 is 5.32 Å². The Bertz CT molecular complexity index is 535. The van der Waals surface area contributed by atoms with E-state index >= 15 is 0 Å². The third kappa shape index (κ3) is 1.63. The molecule has 0 aliphatic heterocycles. The molecular weight excluding hydrogens is 214 g/mol. The first kappa shape index (κ1) is 9.85. The van der Waals surface area contributed by atoms with Crippen LogP contribution in [0.25, 0.3) is 10.2 Å². The van der Waals surface area contributed by atoms with Gasteiger partial charge in [0, 0.05) is 19.2 Å². The number of nitro groups is 1. The molecule has 0 atom stereocenters. The minimum absolute atomic E-state index is 0.0931. The van der Waals surface area contributed by atoms with Crippen LogP contribution < -0.4 is 5.32 Å². The molecule has 1 aromatic carbocycles. The number of hydrogen-bond acceptors (Lipinski definition) is 5. The number of rotatable bonds is 2. The highest BCUT2D eigenvalue weighted by atomic mass is 32.1. The van der Waals surface area contributed by atoms with Gasteiger partial charge in [-0.05, 0) is 6.92 Å². The third-order valence-corrected chi connectivity index (χ3v) is 2.98. The Balaban J connectivity index is 2.76. The highest BCUT2D eigenvalue weighted by molar-refractivity contribution is 7.18. The van der Waals surface area contributed by atoms with Crippen LogP contribution in [-0.4, -0.2) is 17.0 Å². The summed E-state index contributed by atoms with van der Waals surface area (Å²) in [4.78, 5) is 14.6. The number of nitro benzene ring substituents is 1. The maximum Gasteiger partial charge on any atom is 0.273 e. The van der Waals surface area contributed by atoms with Crippen LogP contribution in [0.5, 0.6) is 0 Å². The standard InChI is InChI=1S/C9H9N3O2S/c1-5-11-9-7(10-2)3-6(12(13)14)4-8(9)15-5/h3-4,10H,1-2H3. The smallest absolute Gasteiger partial charge is 0.273 e. The Kier molecular flexibility index (Phi) is 2.28. The van der Waals surface area contributed by atoms with Crippen molar-refractivity contribution in [3.63, 3.8) is 0 Å². The molecule has 0 fully saturated rings. The summed E-state index contributed by atoms with van der Waals surface area (Å²) in [5, 5.41) is 14.5. The third-order valence-electron chi connectivity index (χ3n) is 2.07. The van der Waals surface area contributed by atoms with Gasteiger partial charge in [-0.1, -0.05) is 0 Å². The van der Waals surface area contributed by atoms with E-state index in [0.29, 0.717) is 5.69 Å². The van der Waals surface area contributed by atoms with Gasteiger partial charge >= 0.3 is 0 Å². The second-order valence-corrected chi connectivity index (χ2v) is 4.31. The number of nitrogens with zero attached hydrogens (tertiary/aromatic N) is 2. The van der Waals surface area contributed by atoms with E-state index in [1.165, 1.54) is 17.4 Å². The molecule has 0 aliphatic carbocycles. The second-order valence-electron chi connectivity index (χ2n) is 3.08. The maximum absolute atomic E-state index is 10.7. The molecule has 2 rings (SSSR count). The van der Waals surface area contributed by atoms with Gasteiger partial charge in [-0.3, -0.25) is 10.1 Å². The molecule has 0 aliphatic rings. The van der Waals surface area contributed by atoms with E-state index in [4.69, 9.17) is 0 Å². The molecule has 0 bridgehead atoms. The van der Waals surface area contributed by atoms with Gasteiger partial charge in [0.2, 0.25) is 0 Å². The van der Waals surface area contributed by atoms with Crippen molar-refractivity contribution in [2.75, 3.05) is 12.4 Å². The zero-order chi connectivity index (χ0) is 11.0. The Morgan fingerprint density at radius 2 is 2.27 bits per heavy atom. The molecule has 1 heterocycles. The first-order valence-corrected chi connectivity index (χ1v) is 5.17. The van der Waals surface area contributed by atoms with E-state index in [2.05, 4.69) is 10.3 Å². The lowest BCUT2D eigenvalue weighted by atomic mass is 10.2. The molecule has 1 aromatic heterocycles. The number of thiazole rings is 1. The SMILES string of the molecule is CNc1cc([N+](=O)[O-])cc2sc(C)nc12. The minimum atomic E-state index is -0.394. The summed E-state index contributed by atoms with van der Waals surface area (Å²) in [7, 11) is 1.73. The summed E-state index contributed by atoms with van der Waals surface area (Å²) in [5.41, 5.74) is 1.59. The van der Waals surface area contributed by atoms with Crippen molar-refractivity contribution in [1.29, 1.82) is 0 Å². The maximum atomic E-state index is 10.7. The Morgan fingerprint density at radius 1 is 1.53 bits per heavy atom. The van der Waals surface area contributed by atoms with Crippen LogP contribution in [-0.2, 0) is 0 Å². The average Bonchev–Trinajstić information content (AvgIpc) is 2.56. The zero-order valence-corrected chi connectivity index (χ0v) is 9.09. The molecule has 0 amide bonds. The fraction of sp³-hybridized carbons (Fsp3) is 0.222. The van der Waals surface area contributed by atoms with Gasteiger partial charge in [-0.15, -0.1) is 11.3 Å². The largest absolute Gasteiger partial charge is 0.386 e. The molecule has 5 nitrogen and oxygen atoms in total. The predicted molar refractivity (Wildman–Crippen MR) is 60.6 cm³/mol. The molecular formula is C9H9N3O2S. The van der Waals surface area contributed by atoms with E-state index in [0.717, 1.165) is 15.2 Å². The number of aryl methyl sites for hydroxylation is 1. The van der Waals surface area contributed by atoms with Crippen LogP contribution in [0.15, 0.2) is 12.1 Å². The molecule has 6 heteroatoms. The number of aromatic nitrogens is 1. The van der Waals surface area contributed by atoms with Crippen molar-refractivity contribution in [2.45, 2.75) is 6.92 Å². The zero-order valence-electron chi connectivity index (χ0n) is 8.27. The van der Waals surface area contributed by atoms with Crippen molar-refractivity contribution in [3.05, 3.63) is 27.3 Å². The summed E-state index contributed by atoms with van der Waals surface area (Å²) in [5.74, 6) is 0. The molecule has 78 valence electrons. The van der Waals surface area contributed by atoms with E-state index < -0.39 is 4.92 Å². The van der Waals surface area contributed by atoms with Crippen molar-refractivity contribution in [2.24, 2.45) is 0 Å². The first-order valence-electron chi connectivity index (χ1n) is 4.35. The van der Waals surface area contributed by atoms with Gasteiger partial charge in [0.15, 0.2) is 0 Å². The molecule has 1 N–H and O–H groups in total. The van der Waals surface area contributed by atoms with Crippen LogP contribution in [0, 0.1) is 17.0 Å². The molecule has 2 aromatic rings. The monoisotopic (exact) mass is 223 g/mol. The molecule has 0 saturated carbocycles. The first-order chi connectivity index (χ1) is 7.11. The van der Waals surface area contributed by atoms with Crippen LogP contribution in [0.1, 0.15) is 5.01 Å². The van der Waals surface area contributed by atoms with Crippen LogP contribution in [0.3, 0.4) is 0 Å². The lowest BCUT2D eigenvalue weighted by Gasteiger charge is -2.00. The fourth-order valence-electron chi connectivity index (χ4n) is 1.42.